The first-order valence-electron chi connectivity index (χ1n) is 15.2. The second kappa shape index (κ2) is 12.5. The van der Waals surface area contributed by atoms with Gasteiger partial charge in [-0.25, -0.2) is 4.98 Å². The lowest BCUT2D eigenvalue weighted by atomic mass is 10.1. The summed E-state index contributed by atoms with van der Waals surface area (Å²) >= 11 is 6.79. The zero-order valence-electron chi connectivity index (χ0n) is 25.4. The lowest BCUT2D eigenvalue weighted by Crippen LogP contribution is -2.44. The number of ether oxygens (including phenoxy) is 1. The summed E-state index contributed by atoms with van der Waals surface area (Å²) in [6.45, 7) is 5.05. The summed E-state index contributed by atoms with van der Waals surface area (Å²) in [4.78, 5) is 33.3. The van der Waals surface area contributed by atoms with Gasteiger partial charge < -0.3 is 19.9 Å². The van der Waals surface area contributed by atoms with Crippen LogP contribution in [0, 0.1) is 0 Å². The maximum Gasteiger partial charge on any atom is 0.260 e. The normalized spacial score (nSPS) is 18.5. The molecule has 2 aliphatic rings. The number of pyridine rings is 2. The van der Waals surface area contributed by atoms with Crippen LogP contribution in [0.4, 0.5) is 17.3 Å². The Kier molecular flexibility index (Phi) is 8.24. The molecule has 236 valence electrons. The molecule has 5 aromatic rings. The molecule has 7 rings (SSSR count). The average Bonchev–Trinajstić information content (AvgIpc) is 3.60. The Labute approximate surface area is 272 Å². The number of benzene rings is 2. The molecule has 2 saturated heterocycles. The van der Waals surface area contributed by atoms with Gasteiger partial charge in [-0.2, -0.15) is 4.98 Å². The van der Waals surface area contributed by atoms with E-state index in [0.29, 0.717) is 62.6 Å². The lowest BCUT2D eigenvalue weighted by Gasteiger charge is -2.34. The Morgan fingerprint density at radius 3 is 2.43 bits per heavy atom. The number of halogens is 1. The fraction of sp³-hybridized carbons (Fsp3) is 0.265. The monoisotopic (exact) mass is 655 g/mol. The topological polar surface area (TPSA) is 105 Å². The summed E-state index contributed by atoms with van der Waals surface area (Å²) in [5.74, 6) is 4.37. The van der Waals surface area contributed by atoms with E-state index < -0.39 is 9.52 Å². The highest BCUT2D eigenvalue weighted by atomic mass is 35.5. The minimum atomic E-state index is -2.82. The largest absolute Gasteiger partial charge is 0.379 e. The van der Waals surface area contributed by atoms with Crippen LogP contribution in [0.1, 0.15) is 12.5 Å². The average molecular weight is 656 g/mol. The number of hydrogen-bond acceptors (Lipinski definition) is 9. The molecule has 5 heterocycles. The molecular formula is C34H34ClN7O3S. The van der Waals surface area contributed by atoms with Gasteiger partial charge in [-0.15, -0.1) is 0 Å². The fourth-order valence-electron chi connectivity index (χ4n) is 6.00. The zero-order chi connectivity index (χ0) is 31.8. The molecule has 2 unspecified atom stereocenters. The molecule has 1 N–H and O–H groups in total. The van der Waals surface area contributed by atoms with E-state index in [2.05, 4.69) is 50.1 Å². The van der Waals surface area contributed by atoms with Crippen molar-refractivity contribution < 1.29 is 8.95 Å². The number of fused-ring (bicyclic) bond motifs is 1. The van der Waals surface area contributed by atoms with E-state index in [1.807, 2.05) is 12.1 Å². The minimum absolute atomic E-state index is 0.191. The van der Waals surface area contributed by atoms with Gasteiger partial charge in [0.2, 0.25) is 5.95 Å². The Balaban J connectivity index is 1.23. The number of aromatic nitrogens is 4. The SMILES string of the molecule is C=S(=O)(c1ccncc1)c1ccc(-c2cc3cnc(Nc4ccc(N5CCN(C)CC5)cc4)nc3n(C3CCOC3)c2=O)c(Cl)c1. The Bertz CT molecular complexity index is 2060. The van der Waals surface area contributed by atoms with Crippen molar-refractivity contribution in [2.45, 2.75) is 22.3 Å². The van der Waals surface area contributed by atoms with Gasteiger partial charge in [0.05, 0.1) is 12.6 Å². The van der Waals surface area contributed by atoms with Crippen LogP contribution >= 0.6 is 11.6 Å². The van der Waals surface area contributed by atoms with Crippen molar-refractivity contribution in [2.75, 3.05) is 56.7 Å². The quantitative estimate of drug-likeness (QED) is 0.240. The van der Waals surface area contributed by atoms with Crippen molar-refractivity contribution in [2.24, 2.45) is 0 Å². The first-order valence-corrected chi connectivity index (χ1v) is 17.3. The van der Waals surface area contributed by atoms with Gasteiger partial charge in [-0.3, -0.25) is 18.6 Å². The number of nitrogens with zero attached hydrogens (tertiary/aromatic N) is 6. The van der Waals surface area contributed by atoms with E-state index in [9.17, 15) is 9.00 Å². The maximum absolute atomic E-state index is 14.2. The Morgan fingerprint density at radius 2 is 1.74 bits per heavy atom. The van der Waals surface area contributed by atoms with Crippen molar-refractivity contribution in [1.82, 2.24) is 24.4 Å². The van der Waals surface area contributed by atoms with E-state index >= 15 is 0 Å². The summed E-state index contributed by atoms with van der Waals surface area (Å²) in [6, 6.07) is 18.2. The molecule has 46 heavy (non-hydrogen) atoms. The third-order valence-corrected chi connectivity index (χ3v) is 11.0. The van der Waals surface area contributed by atoms with Gasteiger partial charge in [0.25, 0.3) is 5.56 Å². The second-order valence-electron chi connectivity index (χ2n) is 11.7. The highest BCUT2D eigenvalue weighted by Crippen LogP contribution is 2.33. The number of rotatable bonds is 7. The van der Waals surface area contributed by atoms with Gasteiger partial charge in [0.1, 0.15) is 5.65 Å². The second-order valence-corrected chi connectivity index (χ2v) is 14.4. The molecule has 2 aromatic carbocycles. The van der Waals surface area contributed by atoms with E-state index in [0.717, 1.165) is 31.9 Å². The van der Waals surface area contributed by atoms with Gasteiger partial charge >= 0.3 is 0 Å². The number of piperazine rings is 1. The predicted molar refractivity (Wildman–Crippen MR) is 184 cm³/mol. The summed E-state index contributed by atoms with van der Waals surface area (Å²) in [5, 5.41) is 4.29. The predicted octanol–water partition coefficient (Wildman–Crippen LogP) is 5.10. The van der Waals surface area contributed by atoms with E-state index in [4.69, 9.17) is 21.3 Å². The molecule has 2 aliphatic heterocycles. The summed E-state index contributed by atoms with van der Waals surface area (Å²) in [6.07, 6.45) is 5.55. The number of likely N-dealkylation sites (N-methyl/N-ethyl adjacent to an activating group) is 1. The Morgan fingerprint density at radius 1 is 0.978 bits per heavy atom. The molecule has 2 atom stereocenters. The van der Waals surface area contributed by atoms with Gasteiger partial charge in [-0.05, 0) is 73.9 Å². The first kappa shape index (κ1) is 30.4. The van der Waals surface area contributed by atoms with Crippen LogP contribution in [0.2, 0.25) is 5.02 Å². The maximum atomic E-state index is 14.2. The number of anilines is 3. The van der Waals surface area contributed by atoms with E-state index in [-0.39, 0.29) is 11.6 Å². The zero-order valence-corrected chi connectivity index (χ0v) is 27.0. The Hall–Kier alpha value is -4.29. The molecule has 0 amide bonds. The van der Waals surface area contributed by atoms with Crippen molar-refractivity contribution in [1.29, 1.82) is 0 Å². The van der Waals surface area contributed by atoms with Gasteiger partial charge in [0.15, 0.2) is 0 Å². The van der Waals surface area contributed by atoms with Gasteiger partial charge in [0, 0.05) is 104 Å². The van der Waals surface area contributed by atoms with Crippen LogP contribution in [0.5, 0.6) is 0 Å². The molecule has 0 bridgehead atoms. The van der Waals surface area contributed by atoms with Crippen LogP contribution < -0.4 is 15.8 Å². The van der Waals surface area contributed by atoms with Crippen molar-refractivity contribution in [3.05, 3.63) is 94.6 Å². The van der Waals surface area contributed by atoms with Crippen LogP contribution in [0.25, 0.3) is 22.2 Å². The van der Waals surface area contributed by atoms with Crippen molar-refractivity contribution in [3.63, 3.8) is 0 Å². The molecule has 12 heteroatoms. The highest BCUT2D eigenvalue weighted by Gasteiger charge is 2.25. The summed E-state index contributed by atoms with van der Waals surface area (Å²) in [7, 11) is -0.675. The lowest BCUT2D eigenvalue weighted by molar-refractivity contribution is 0.186. The summed E-state index contributed by atoms with van der Waals surface area (Å²) in [5.41, 5.74) is 3.25. The highest BCUT2D eigenvalue weighted by molar-refractivity contribution is 8.00. The minimum Gasteiger partial charge on any atom is -0.379 e. The third-order valence-electron chi connectivity index (χ3n) is 8.68. The van der Waals surface area contributed by atoms with Crippen LogP contribution in [0.15, 0.2) is 93.8 Å². The number of nitrogens with one attached hydrogen (secondary N) is 1. The molecular weight excluding hydrogens is 622 g/mol. The molecule has 0 aliphatic carbocycles. The molecule has 0 spiro atoms. The first-order chi connectivity index (χ1) is 22.3. The molecule has 3 aromatic heterocycles. The van der Waals surface area contributed by atoms with Gasteiger partial charge in [-0.1, -0.05) is 17.7 Å². The summed E-state index contributed by atoms with van der Waals surface area (Å²) < 4.78 is 21.0. The fourth-order valence-corrected chi connectivity index (χ4v) is 7.78. The standard InChI is InChI=1S/C34H34ClN7O3S/c1-40-14-16-41(17-15-40)25-5-3-24(4-6-25)38-34-37-21-23-19-30(33(43)42(32(23)39-34)26-11-18-45-22-26)29-8-7-28(20-31(29)35)46(2,44)27-9-12-36-13-10-27/h3-10,12-13,19-21,26H,2,11,14-18,22H2,1H3,(H,37,38,39). The van der Waals surface area contributed by atoms with Crippen LogP contribution in [-0.2, 0) is 14.3 Å². The smallest absolute Gasteiger partial charge is 0.260 e. The number of hydrogen-bond donors (Lipinski definition) is 1. The third kappa shape index (κ3) is 5.87. The van der Waals surface area contributed by atoms with Crippen LogP contribution in [0.3, 0.4) is 0 Å². The van der Waals surface area contributed by atoms with Crippen LogP contribution in [-0.4, -0.2) is 80.9 Å². The van der Waals surface area contributed by atoms with E-state index in [1.165, 1.54) is 5.69 Å². The molecule has 10 nitrogen and oxygen atoms in total. The molecule has 0 saturated carbocycles. The van der Waals surface area contributed by atoms with Crippen molar-refractivity contribution in [3.8, 4) is 11.1 Å². The molecule has 0 radical (unpaired) electrons. The van der Waals surface area contributed by atoms with Crippen molar-refractivity contribution >= 4 is 55.3 Å². The molecule has 2 fully saturated rings. The van der Waals surface area contributed by atoms with E-state index in [1.54, 1.807) is 59.6 Å².